The Morgan fingerprint density at radius 2 is 1.68 bits per heavy atom. The minimum atomic E-state index is -0.904. The molecule has 0 unspecified atom stereocenters. The van der Waals surface area contributed by atoms with Crippen molar-refractivity contribution in [1.82, 2.24) is 15.0 Å². The Kier molecular flexibility index (Phi) is 3.76. The second kappa shape index (κ2) is 6.42. The molecule has 2 heterocycles. The first-order valence-corrected chi connectivity index (χ1v) is 8.73. The minimum Gasteiger partial charge on any atom is -0.355 e. The lowest BCUT2D eigenvalue weighted by Gasteiger charge is -2.14. The first-order chi connectivity index (χ1) is 13.7. The molecule has 5 rings (SSSR count). The van der Waals surface area contributed by atoms with Crippen molar-refractivity contribution in [2.24, 2.45) is 0 Å². The number of benzene rings is 3. The van der Waals surface area contributed by atoms with Gasteiger partial charge < -0.3 is 10.3 Å². The molecule has 3 aromatic carbocycles. The normalized spacial score (nSPS) is 11.2. The predicted molar refractivity (Wildman–Crippen MR) is 106 cm³/mol. The van der Waals surface area contributed by atoms with Gasteiger partial charge >= 0.3 is 0 Å². The third kappa shape index (κ3) is 2.75. The van der Waals surface area contributed by atoms with Crippen molar-refractivity contribution in [2.45, 2.75) is 0 Å². The summed E-state index contributed by atoms with van der Waals surface area (Å²) >= 11 is 0. The first kappa shape index (κ1) is 16.4. The van der Waals surface area contributed by atoms with Gasteiger partial charge in [-0.25, -0.2) is 18.7 Å². The van der Waals surface area contributed by atoms with E-state index in [1.807, 2.05) is 48.5 Å². The van der Waals surface area contributed by atoms with Gasteiger partial charge in [0.2, 0.25) is 0 Å². The maximum atomic E-state index is 13.7. The highest BCUT2D eigenvalue weighted by atomic mass is 19.2. The van der Waals surface area contributed by atoms with Gasteiger partial charge in [0.25, 0.3) is 0 Å². The van der Waals surface area contributed by atoms with Crippen LogP contribution in [-0.4, -0.2) is 15.0 Å². The molecule has 0 saturated carbocycles. The monoisotopic (exact) mass is 372 g/mol. The number of hydrogen-bond donors (Lipinski definition) is 2. The standard InChI is InChI=1S/C22H14F2N4/c23-15-7-6-14(10-16(15)24)27-20-11-19(13-4-2-1-3-5-13)28-17-8-9-18-22(21(17)20)26-12-25-18/h1-12,27-28H. The number of halogens is 2. The smallest absolute Gasteiger partial charge is 0.160 e. The molecule has 0 atom stereocenters. The van der Waals surface area contributed by atoms with Gasteiger partial charge in [-0.2, -0.15) is 0 Å². The van der Waals surface area contributed by atoms with Gasteiger partial charge in [0.05, 0.1) is 16.7 Å². The number of nitrogens with one attached hydrogen (secondary N) is 2. The summed E-state index contributed by atoms with van der Waals surface area (Å²) in [6.45, 7) is 0. The molecule has 0 aliphatic carbocycles. The van der Waals surface area contributed by atoms with Crippen molar-refractivity contribution in [2.75, 3.05) is 5.32 Å². The van der Waals surface area contributed by atoms with Crippen molar-refractivity contribution in [3.8, 4) is 11.3 Å². The van der Waals surface area contributed by atoms with Crippen molar-refractivity contribution in [1.29, 1.82) is 0 Å². The van der Waals surface area contributed by atoms with Crippen molar-refractivity contribution >= 4 is 33.3 Å². The molecule has 5 aromatic rings. The van der Waals surface area contributed by atoms with Gasteiger partial charge in [0.1, 0.15) is 11.8 Å². The second-order valence-electron chi connectivity index (χ2n) is 6.45. The Morgan fingerprint density at radius 3 is 2.50 bits per heavy atom. The number of fused-ring (bicyclic) bond motifs is 3. The van der Waals surface area contributed by atoms with Crippen LogP contribution in [0.5, 0.6) is 0 Å². The van der Waals surface area contributed by atoms with E-state index in [0.29, 0.717) is 5.69 Å². The number of imidazole rings is 1. The van der Waals surface area contributed by atoms with E-state index in [4.69, 9.17) is 0 Å². The van der Waals surface area contributed by atoms with Gasteiger partial charge in [-0.1, -0.05) is 30.3 Å². The summed E-state index contributed by atoms with van der Waals surface area (Å²) in [7, 11) is 0. The predicted octanol–water partition coefficient (Wildman–Crippen LogP) is 5.80. The third-order valence-electron chi connectivity index (χ3n) is 4.65. The average Bonchev–Trinajstić information content (AvgIpc) is 3.20. The fourth-order valence-electron chi connectivity index (χ4n) is 3.34. The van der Waals surface area contributed by atoms with Gasteiger partial charge in [-0.15, -0.1) is 0 Å². The van der Waals surface area contributed by atoms with Crippen LogP contribution in [0.1, 0.15) is 0 Å². The van der Waals surface area contributed by atoms with E-state index < -0.39 is 11.6 Å². The summed E-state index contributed by atoms with van der Waals surface area (Å²) in [4.78, 5) is 12.1. The molecule has 0 bridgehead atoms. The van der Waals surface area contributed by atoms with E-state index in [-0.39, 0.29) is 0 Å². The van der Waals surface area contributed by atoms with E-state index in [1.165, 1.54) is 12.4 Å². The fourth-order valence-corrected chi connectivity index (χ4v) is 3.34. The van der Waals surface area contributed by atoms with Crippen LogP contribution >= 0.6 is 0 Å². The molecule has 0 fully saturated rings. The maximum Gasteiger partial charge on any atom is 0.160 e. The molecule has 0 aliphatic rings. The molecule has 2 aromatic heterocycles. The number of aromatic nitrogens is 3. The molecule has 0 amide bonds. The zero-order chi connectivity index (χ0) is 19.1. The molecule has 136 valence electrons. The van der Waals surface area contributed by atoms with Crippen LogP contribution in [0.15, 0.2) is 73.1 Å². The van der Waals surface area contributed by atoms with Crippen molar-refractivity contribution < 1.29 is 8.78 Å². The van der Waals surface area contributed by atoms with Crippen LogP contribution in [-0.2, 0) is 0 Å². The quantitative estimate of drug-likeness (QED) is 0.421. The number of anilines is 2. The Morgan fingerprint density at radius 1 is 0.821 bits per heavy atom. The molecule has 2 N–H and O–H groups in total. The number of aromatic amines is 1. The number of rotatable bonds is 3. The average molecular weight is 372 g/mol. The van der Waals surface area contributed by atoms with Gasteiger partial charge in [-0.3, -0.25) is 0 Å². The van der Waals surface area contributed by atoms with Crippen LogP contribution in [0.2, 0.25) is 0 Å². The Bertz CT molecular complexity index is 1310. The summed E-state index contributed by atoms with van der Waals surface area (Å²) in [5.41, 5.74) is 5.43. The summed E-state index contributed by atoms with van der Waals surface area (Å²) < 4.78 is 27.0. The number of nitrogens with zero attached hydrogens (tertiary/aromatic N) is 2. The Hall–Kier alpha value is -3.80. The zero-order valence-corrected chi connectivity index (χ0v) is 14.6. The van der Waals surface area contributed by atoms with Crippen molar-refractivity contribution in [3.63, 3.8) is 0 Å². The summed E-state index contributed by atoms with van der Waals surface area (Å²) in [6.07, 6.45) is 1.51. The van der Waals surface area contributed by atoms with E-state index in [1.54, 1.807) is 0 Å². The fraction of sp³-hybridized carbons (Fsp3) is 0. The van der Waals surface area contributed by atoms with Gasteiger partial charge in [0, 0.05) is 22.8 Å². The van der Waals surface area contributed by atoms with Gasteiger partial charge in [0.15, 0.2) is 11.6 Å². The number of H-pyrrole nitrogens is 1. The summed E-state index contributed by atoms with van der Waals surface area (Å²) in [6, 6.07) is 19.4. The van der Waals surface area contributed by atoms with E-state index >= 15 is 0 Å². The van der Waals surface area contributed by atoms with Crippen LogP contribution in [0, 0.1) is 11.6 Å². The Labute approximate surface area is 158 Å². The van der Waals surface area contributed by atoms with E-state index in [0.717, 1.165) is 51.0 Å². The molecule has 0 saturated heterocycles. The SMILES string of the molecule is Fc1ccc(Nc2cc(-c3ccccc3)[nH]c3ccc4ncnc4c23)cc1F. The van der Waals surface area contributed by atoms with Crippen molar-refractivity contribution in [3.05, 3.63) is 84.7 Å². The molecule has 28 heavy (non-hydrogen) atoms. The lowest BCUT2D eigenvalue weighted by Crippen LogP contribution is -1.97. The summed E-state index contributed by atoms with van der Waals surface area (Å²) in [5.74, 6) is -1.79. The van der Waals surface area contributed by atoms with Crippen LogP contribution < -0.4 is 5.32 Å². The van der Waals surface area contributed by atoms with Crippen LogP contribution in [0.3, 0.4) is 0 Å². The number of pyridine rings is 1. The molecule has 0 spiro atoms. The highest BCUT2D eigenvalue weighted by molar-refractivity contribution is 6.10. The first-order valence-electron chi connectivity index (χ1n) is 8.73. The van der Waals surface area contributed by atoms with E-state index in [2.05, 4.69) is 20.3 Å². The minimum absolute atomic E-state index is 0.446. The molecular formula is C22H14F2N4. The zero-order valence-electron chi connectivity index (χ0n) is 14.6. The lowest BCUT2D eigenvalue weighted by atomic mass is 10.1. The van der Waals surface area contributed by atoms with E-state index in [9.17, 15) is 8.78 Å². The molecule has 0 radical (unpaired) electrons. The number of hydrogen-bond acceptors (Lipinski definition) is 3. The summed E-state index contributed by atoms with van der Waals surface area (Å²) in [5, 5.41) is 4.05. The van der Waals surface area contributed by atoms with Gasteiger partial charge in [-0.05, 0) is 35.9 Å². The largest absolute Gasteiger partial charge is 0.355 e. The molecule has 4 nitrogen and oxygen atoms in total. The lowest BCUT2D eigenvalue weighted by molar-refractivity contribution is 0.509. The highest BCUT2D eigenvalue weighted by Crippen LogP contribution is 2.34. The van der Waals surface area contributed by atoms with Crippen LogP contribution in [0.25, 0.3) is 33.2 Å². The Balaban J connectivity index is 1.75. The third-order valence-corrected chi connectivity index (χ3v) is 4.65. The molecule has 0 aliphatic heterocycles. The molecular weight excluding hydrogens is 358 g/mol. The topological polar surface area (TPSA) is 53.6 Å². The maximum absolute atomic E-state index is 13.7. The molecule has 6 heteroatoms. The second-order valence-corrected chi connectivity index (χ2v) is 6.45. The highest BCUT2D eigenvalue weighted by Gasteiger charge is 2.13. The van der Waals surface area contributed by atoms with Crippen LogP contribution in [0.4, 0.5) is 20.2 Å².